The van der Waals surface area contributed by atoms with Crippen molar-refractivity contribution in [1.82, 2.24) is 5.32 Å². The summed E-state index contributed by atoms with van der Waals surface area (Å²) in [4.78, 5) is 0. The lowest BCUT2D eigenvalue weighted by Gasteiger charge is -2.22. The Morgan fingerprint density at radius 1 is 1.33 bits per heavy atom. The molecule has 1 aromatic carbocycles. The molecule has 2 rings (SSSR count). The van der Waals surface area contributed by atoms with Gasteiger partial charge in [0.1, 0.15) is 5.75 Å². The maximum Gasteiger partial charge on any atom is 0.453 e. The summed E-state index contributed by atoms with van der Waals surface area (Å²) in [5, 5.41) is 30.0. The lowest BCUT2D eigenvalue weighted by Crippen LogP contribution is -2.35. The van der Waals surface area contributed by atoms with Crippen LogP contribution in [0.3, 0.4) is 0 Å². The molecule has 1 aliphatic heterocycles. The van der Waals surface area contributed by atoms with Gasteiger partial charge in [0, 0.05) is 6.04 Å². The molecule has 0 saturated carbocycles. The summed E-state index contributed by atoms with van der Waals surface area (Å²) in [5.74, 6) is 0.780. The minimum absolute atomic E-state index is 0.235. The Balaban J connectivity index is 2.30. The van der Waals surface area contributed by atoms with Gasteiger partial charge in [-0.1, -0.05) is 19.1 Å². The first-order chi connectivity index (χ1) is 8.38. The second-order valence-electron chi connectivity index (χ2n) is 4.84. The van der Waals surface area contributed by atoms with Gasteiger partial charge < -0.3 is 25.4 Å². The summed E-state index contributed by atoms with van der Waals surface area (Å²) in [7, 11) is 0. The molecule has 4 N–H and O–H groups in total. The fourth-order valence-corrected chi connectivity index (χ4v) is 2.48. The Bertz CT molecular complexity index is 427. The second kappa shape index (κ2) is 4.85. The molecule has 1 fully saturated rings. The highest BCUT2D eigenvalue weighted by Gasteiger charge is 2.28. The quantitative estimate of drug-likeness (QED) is 0.594. The number of aliphatic hydroxyl groups is 3. The topological polar surface area (TPSA) is 82.0 Å². The fourth-order valence-electron chi connectivity index (χ4n) is 2.48. The van der Waals surface area contributed by atoms with Gasteiger partial charge in [0.05, 0.1) is 0 Å². The molecule has 1 aliphatic rings. The first-order valence-electron chi connectivity index (χ1n) is 6.07. The van der Waals surface area contributed by atoms with E-state index in [-0.39, 0.29) is 11.8 Å². The van der Waals surface area contributed by atoms with Crippen LogP contribution < -0.4 is 10.1 Å². The number of hydrogen-bond acceptors (Lipinski definition) is 5. The molecule has 0 spiro atoms. The summed E-state index contributed by atoms with van der Waals surface area (Å²) < 4.78 is 4.71. The molecule has 18 heavy (non-hydrogen) atoms. The third kappa shape index (κ3) is 2.81. The van der Waals surface area contributed by atoms with Crippen molar-refractivity contribution in [1.29, 1.82) is 0 Å². The van der Waals surface area contributed by atoms with E-state index in [0.29, 0.717) is 5.92 Å². The summed E-state index contributed by atoms with van der Waals surface area (Å²) in [5.41, 5.74) is 1.85. The minimum atomic E-state index is -3.14. The van der Waals surface area contributed by atoms with Gasteiger partial charge in [-0.3, -0.25) is 0 Å². The van der Waals surface area contributed by atoms with E-state index < -0.39 is 6.16 Å². The van der Waals surface area contributed by atoms with Crippen molar-refractivity contribution in [3.05, 3.63) is 29.3 Å². The fraction of sp³-hybridized carbons (Fsp3) is 0.538. The molecule has 0 aromatic heterocycles. The van der Waals surface area contributed by atoms with E-state index in [4.69, 9.17) is 20.1 Å². The highest BCUT2D eigenvalue weighted by atomic mass is 16.9. The van der Waals surface area contributed by atoms with E-state index in [1.165, 1.54) is 0 Å². The van der Waals surface area contributed by atoms with Crippen LogP contribution in [0.4, 0.5) is 0 Å². The van der Waals surface area contributed by atoms with Crippen molar-refractivity contribution in [2.24, 2.45) is 5.92 Å². The highest BCUT2D eigenvalue weighted by Crippen LogP contribution is 2.34. The van der Waals surface area contributed by atoms with E-state index in [2.05, 4.69) is 12.2 Å². The largest absolute Gasteiger partial charge is 0.453 e. The van der Waals surface area contributed by atoms with E-state index in [1.807, 2.05) is 13.0 Å². The van der Waals surface area contributed by atoms with Crippen LogP contribution in [0.5, 0.6) is 5.75 Å². The SMILES string of the molecule is Cc1c(OC(O)(O)O)cccc1[C@H]1NCC[C@H]1C. The van der Waals surface area contributed by atoms with Crippen molar-refractivity contribution < 1.29 is 20.1 Å². The second-order valence-corrected chi connectivity index (χ2v) is 4.84. The zero-order chi connectivity index (χ0) is 13.3. The lowest BCUT2D eigenvalue weighted by atomic mass is 9.92. The minimum Gasteiger partial charge on any atom is -0.417 e. The van der Waals surface area contributed by atoms with Crippen LogP contribution in [0, 0.1) is 12.8 Å². The standard InChI is InChI=1S/C13H19NO4/c1-8-6-7-14-12(8)10-4-3-5-11(9(10)2)18-13(15,16)17/h3-5,8,12,14-17H,6-7H2,1-2H3/t8-,12+/m1/s1. The molecule has 1 heterocycles. The molecular formula is C13H19NO4. The van der Waals surface area contributed by atoms with Gasteiger partial charge >= 0.3 is 6.16 Å². The molecule has 0 amide bonds. The predicted molar refractivity (Wildman–Crippen MR) is 65.7 cm³/mol. The lowest BCUT2D eigenvalue weighted by molar-refractivity contribution is -0.419. The molecule has 2 atom stereocenters. The predicted octanol–water partition coefficient (Wildman–Crippen LogP) is 0.633. The van der Waals surface area contributed by atoms with Crippen LogP contribution in [-0.2, 0) is 0 Å². The first kappa shape index (κ1) is 13.3. The molecule has 0 bridgehead atoms. The van der Waals surface area contributed by atoms with Crippen molar-refractivity contribution in [2.75, 3.05) is 6.54 Å². The summed E-state index contributed by atoms with van der Waals surface area (Å²) in [6.07, 6.45) is -2.03. The van der Waals surface area contributed by atoms with Gasteiger partial charge in [-0.05, 0) is 43.0 Å². The molecular weight excluding hydrogens is 234 g/mol. The van der Waals surface area contributed by atoms with Gasteiger partial charge in [-0.25, -0.2) is 0 Å². The first-order valence-corrected chi connectivity index (χ1v) is 6.07. The smallest absolute Gasteiger partial charge is 0.417 e. The Labute approximate surface area is 106 Å². The molecule has 0 radical (unpaired) electrons. The molecule has 5 nitrogen and oxygen atoms in total. The van der Waals surface area contributed by atoms with Crippen molar-refractivity contribution in [3.63, 3.8) is 0 Å². The molecule has 1 saturated heterocycles. The number of hydrogen-bond donors (Lipinski definition) is 4. The zero-order valence-electron chi connectivity index (χ0n) is 10.6. The monoisotopic (exact) mass is 253 g/mol. The number of ether oxygens (including phenoxy) is 1. The average Bonchev–Trinajstić information content (AvgIpc) is 2.66. The van der Waals surface area contributed by atoms with Gasteiger partial charge in [-0.2, -0.15) is 0 Å². The molecule has 0 unspecified atom stereocenters. The Kier molecular flexibility index (Phi) is 3.59. The average molecular weight is 253 g/mol. The van der Waals surface area contributed by atoms with Crippen molar-refractivity contribution in [3.8, 4) is 5.75 Å². The number of nitrogens with one attached hydrogen (secondary N) is 1. The van der Waals surface area contributed by atoms with Crippen molar-refractivity contribution >= 4 is 0 Å². The molecule has 1 aromatic rings. The highest BCUT2D eigenvalue weighted by molar-refractivity contribution is 5.41. The van der Waals surface area contributed by atoms with Crippen molar-refractivity contribution in [2.45, 2.75) is 32.5 Å². The summed E-state index contributed by atoms with van der Waals surface area (Å²) >= 11 is 0. The summed E-state index contributed by atoms with van der Waals surface area (Å²) in [6.45, 7) is 4.98. The normalized spacial score (nSPS) is 24.3. The van der Waals surface area contributed by atoms with E-state index >= 15 is 0 Å². The summed E-state index contributed by atoms with van der Waals surface area (Å²) in [6, 6.07) is 5.58. The van der Waals surface area contributed by atoms with E-state index in [1.54, 1.807) is 12.1 Å². The number of rotatable bonds is 3. The van der Waals surface area contributed by atoms with E-state index in [9.17, 15) is 0 Å². The Morgan fingerprint density at radius 3 is 2.61 bits per heavy atom. The molecule has 5 heteroatoms. The van der Waals surface area contributed by atoms with Crippen LogP contribution in [-0.4, -0.2) is 28.0 Å². The maximum atomic E-state index is 8.88. The number of benzene rings is 1. The zero-order valence-corrected chi connectivity index (χ0v) is 10.6. The Morgan fingerprint density at radius 2 is 2.06 bits per heavy atom. The van der Waals surface area contributed by atoms with Crippen LogP contribution in [0.15, 0.2) is 18.2 Å². The Hall–Kier alpha value is -1.14. The van der Waals surface area contributed by atoms with Crippen LogP contribution in [0.25, 0.3) is 0 Å². The van der Waals surface area contributed by atoms with Crippen LogP contribution in [0.1, 0.15) is 30.5 Å². The third-order valence-corrected chi connectivity index (χ3v) is 3.44. The van der Waals surface area contributed by atoms with Crippen LogP contribution in [0.2, 0.25) is 0 Å². The van der Waals surface area contributed by atoms with Crippen LogP contribution >= 0.6 is 0 Å². The third-order valence-electron chi connectivity index (χ3n) is 3.44. The van der Waals surface area contributed by atoms with Gasteiger partial charge in [0.25, 0.3) is 0 Å². The van der Waals surface area contributed by atoms with Gasteiger partial charge in [0.15, 0.2) is 0 Å². The van der Waals surface area contributed by atoms with Gasteiger partial charge in [0.2, 0.25) is 0 Å². The maximum absolute atomic E-state index is 8.88. The molecule has 100 valence electrons. The molecule has 0 aliphatic carbocycles. The van der Waals surface area contributed by atoms with Gasteiger partial charge in [-0.15, -0.1) is 0 Å². The van der Waals surface area contributed by atoms with E-state index in [0.717, 1.165) is 24.1 Å².